The lowest BCUT2D eigenvalue weighted by molar-refractivity contribution is -0.117. The molecular formula is C22H20BrN3O4S. The summed E-state index contributed by atoms with van der Waals surface area (Å²) < 4.78 is 29.1. The van der Waals surface area contributed by atoms with E-state index >= 15 is 0 Å². The lowest BCUT2D eigenvalue weighted by Gasteiger charge is -2.28. The van der Waals surface area contributed by atoms with Crippen molar-refractivity contribution in [3.8, 4) is 5.75 Å². The first-order chi connectivity index (χ1) is 14.8. The van der Waals surface area contributed by atoms with Gasteiger partial charge in [0.2, 0.25) is 0 Å². The fraction of sp³-hybridized carbons (Fsp3) is 0.0455. The van der Waals surface area contributed by atoms with E-state index < -0.39 is 15.9 Å². The number of benzene rings is 3. The third-order valence-corrected chi connectivity index (χ3v) is 6.83. The Bertz CT molecular complexity index is 1230. The second-order valence-electron chi connectivity index (χ2n) is 6.52. The molecule has 0 spiro atoms. The molecule has 0 atom stereocenters. The number of hydrazine groups is 1. The van der Waals surface area contributed by atoms with E-state index in [1.54, 1.807) is 67.6 Å². The van der Waals surface area contributed by atoms with Crippen molar-refractivity contribution in [3.05, 3.63) is 94.6 Å². The molecule has 31 heavy (non-hydrogen) atoms. The lowest BCUT2D eigenvalue weighted by atomic mass is 10.0. The summed E-state index contributed by atoms with van der Waals surface area (Å²) in [6, 6.07) is 20.5. The molecule has 0 aromatic heterocycles. The summed E-state index contributed by atoms with van der Waals surface area (Å²) in [4.78, 5) is 12.9. The Morgan fingerprint density at radius 3 is 2.13 bits per heavy atom. The predicted molar refractivity (Wildman–Crippen MR) is 123 cm³/mol. The average Bonchev–Trinajstić information content (AvgIpc) is 2.78. The number of carbonyl (C=O) groups excluding carboxylic acids is 1. The fourth-order valence-electron chi connectivity index (χ4n) is 3.06. The van der Waals surface area contributed by atoms with Gasteiger partial charge in [0.05, 0.1) is 10.6 Å². The maximum atomic E-state index is 13.7. The molecule has 3 aromatic carbocycles. The molecule has 7 nitrogen and oxygen atoms in total. The van der Waals surface area contributed by atoms with Crippen molar-refractivity contribution in [1.82, 2.24) is 5.43 Å². The highest BCUT2D eigenvalue weighted by molar-refractivity contribution is 9.10. The number of halogens is 1. The average molecular weight is 502 g/mol. The molecule has 0 bridgehead atoms. The number of phenols is 1. The van der Waals surface area contributed by atoms with E-state index in [2.05, 4.69) is 15.9 Å². The Morgan fingerprint density at radius 1 is 0.968 bits per heavy atom. The van der Waals surface area contributed by atoms with Crippen molar-refractivity contribution in [1.29, 1.82) is 0 Å². The summed E-state index contributed by atoms with van der Waals surface area (Å²) in [7, 11) is -4.23. The van der Waals surface area contributed by atoms with Crippen LogP contribution in [-0.2, 0) is 14.8 Å². The second-order valence-corrected chi connectivity index (χ2v) is 9.23. The summed E-state index contributed by atoms with van der Waals surface area (Å²) in [5.41, 5.74) is 2.53. The first kappa shape index (κ1) is 22.5. The largest absolute Gasteiger partial charge is 0.507 e. The van der Waals surface area contributed by atoms with Crippen molar-refractivity contribution in [2.24, 2.45) is 5.84 Å². The number of carbonyl (C=O) groups is 1. The summed E-state index contributed by atoms with van der Waals surface area (Å²) in [6.07, 6.45) is 0. The number of para-hydroxylation sites is 1. The van der Waals surface area contributed by atoms with Crippen LogP contribution in [0.2, 0.25) is 0 Å². The van der Waals surface area contributed by atoms with Gasteiger partial charge in [-0.2, -0.15) is 0 Å². The third kappa shape index (κ3) is 4.63. The van der Waals surface area contributed by atoms with Gasteiger partial charge in [-0.15, -0.1) is 0 Å². The van der Waals surface area contributed by atoms with Gasteiger partial charge < -0.3 is 5.11 Å². The summed E-state index contributed by atoms with van der Waals surface area (Å²) in [5.74, 6) is 4.49. The van der Waals surface area contributed by atoms with Crippen LogP contribution >= 0.6 is 15.9 Å². The maximum absolute atomic E-state index is 13.7. The Labute approximate surface area is 189 Å². The molecule has 0 saturated heterocycles. The van der Waals surface area contributed by atoms with Crippen molar-refractivity contribution in [3.63, 3.8) is 0 Å². The number of hydrogen-bond donors (Lipinski definition) is 3. The monoisotopic (exact) mass is 501 g/mol. The minimum absolute atomic E-state index is 0.00896. The molecule has 0 radical (unpaired) electrons. The van der Waals surface area contributed by atoms with Gasteiger partial charge in [0.25, 0.3) is 15.9 Å². The number of phenolic OH excluding ortho intramolecular Hbond substituents is 1. The zero-order valence-electron chi connectivity index (χ0n) is 16.5. The standard InChI is InChI=1S/C22H20BrN3O4S/c1-15(19-9-5-6-10-20(19)27)21(22(28)25-24)26(17-13-11-16(23)12-14-17)31(29,30)18-7-3-2-4-8-18/h2-14,27H,24H2,1H3,(H,25,28)/b21-15-. The number of rotatable bonds is 6. The minimum Gasteiger partial charge on any atom is -0.507 e. The van der Waals surface area contributed by atoms with Gasteiger partial charge in [-0.25, -0.2) is 18.6 Å². The number of nitrogens with one attached hydrogen (secondary N) is 1. The molecule has 0 aliphatic heterocycles. The fourth-order valence-corrected chi connectivity index (χ4v) is 4.90. The normalized spacial score (nSPS) is 12.1. The highest BCUT2D eigenvalue weighted by Crippen LogP contribution is 2.35. The van der Waals surface area contributed by atoms with Gasteiger partial charge in [0, 0.05) is 10.0 Å². The summed E-state index contributed by atoms with van der Waals surface area (Å²) in [5, 5.41) is 10.3. The van der Waals surface area contributed by atoms with Gasteiger partial charge in [-0.1, -0.05) is 52.3 Å². The van der Waals surface area contributed by atoms with E-state index in [1.807, 2.05) is 5.43 Å². The van der Waals surface area contributed by atoms with Crippen molar-refractivity contribution >= 4 is 43.1 Å². The van der Waals surface area contributed by atoms with Crippen LogP contribution in [0.15, 0.2) is 93.9 Å². The molecule has 0 unspecified atom stereocenters. The quantitative estimate of drug-likeness (QED) is 0.206. The van der Waals surface area contributed by atoms with E-state index in [1.165, 1.54) is 18.2 Å². The Morgan fingerprint density at radius 2 is 1.55 bits per heavy atom. The zero-order chi connectivity index (χ0) is 22.6. The van der Waals surface area contributed by atoms with Gasteiger partial charge in [-0.3, -0.25) is 10.2 Å². The summed E-state index contributed by atoms with van der Waals surface area (Å²) >= 11 is 3.33. The van der Waals surface area contributed by atoms with Gasteiger partial charge >= 0.3 is 0 Å². The highest BCUT2D eigenvalue weighted by Gasteiger charge is 2.33. The number of nitrogens with zero attached hydrogens (tertiary/aromatic N) is 1. The van der Waals surface area contributed by atoms with Gasteiger partial charge in [-0.05, 0) is 55.0 Å². The zero-order valence-corrected chi connectivity index (χ0v) is 18.9. The molecule has 3 aromatic rings. The van der Waals surface area contributed by atoms with E-state index in [-0.39, 0.29) is 27.6 Å². The number of amides is 1. The Hall–Kier alpha value is -3.14. The predicted octanol–water partition coefficient (Wildman–Crippen LogP) is 3.77. The van der Waals surface area contributed by atoms with Gasteiger partial charge in [0.1, 0.15) is 11.4 Å². The molecule has 0 saturated carbocycles. The Kier molecular flexibility index (Phi) is 6.79. The third-order valence-electron chi connectivity index (χ3n) is 4.56. The molecule has 3 rings (SSSR count). The second kappa shape index (κ2) is 9.34. The number of aromatic hydroxyl groups is 1. The topological polar surface area (TPSA) is 113 Å². The molecule has 160 valence electrons. The van der Waals surface area contributed by atoms with E-state index in [0.717, 1.165) is 8.78 Å². The first-order valence-electron chi connectivity index (χ1n) is 9.13. The van der Waals surface area contributed by atoms with E-state index in [4.69, 9.17) is 5.84 Å². The summed E-state index contributed by atoms with van der Waals surface area (Å²) in [6.45, 7) is 1.55. The minimum atomic E-state index is -4.23. The molecule has 0 fully saturated rings. The van der Waals surface area contributed by atoms with Crippen LogP contribution in [0.5, 0.6) is 5.75 Å². The van der Waals surface area contributed by atoms with Gasteiger partial charge in [0.15, 0.2) is 0 Å². The lowest BCUT2D eigenvalue weighted by Crippen LogP contribution is -2.42. The van der Waals surface area contributed by atoms with Crippen molar-refractivity contribution < 1.29 is 18.3 Å². The molecule has 4 N–H and O–H groups in total. The van der Waals surface area contributed by atoms with Crippen LogP contribution in [0.4, 0.5) is 5.69 Å². The first-order valence-corrected chi connectivity index (χ1v) is 11.4. The van der Waals surface area contributed by atoms with Crippen LogP contribution < -0.4 is 15.6 Å². The van der Waals surface area contributed by atoms with Crippen molar-refractivity contribution in [2.45, 2.75) is 11.8 Å². The van der Waals surface area contributed by atoms with E-state index in [9.17, 15) is 18.3 Å². The molecule has 1 amide bonds. The molecular weight excluding hydrogens is 482 g/mol. The highest BCUT2D eigenvalue weighted by atomic mass is 79.9. The number of hydrogen-bond acceptors (Lipinski definition) is 5. The molecule has 0 heterocycles. The SMILES string of the molecule is C/C(=C(\C(=O)NN)N(c1ccc(Br)cc1)S(=O)(=O)c1ccccc1)c1ccccc1O. The number of sulfonamides is 1. The Balaban J connectivity index is 2.37. The smallest absolute Gasteiger partial charge is 0.283 e. The van der Waals surface area contributed by atoms with Crippen LogP contribution in [0.1, 0.15) is 12.5 Å². The number of anilines is 1. The maximum Gasteiger partial charge on any atom is 0.283 e. The van der Waals surface area contributed by atoms with Crippen LogP contribution in [0.25, 0.3) is 5.57 Å². The number of allylic oxidation sites excluding steroid dienone is 1. The van der Waals surface area contributed by atoms with E-state index in [0.29, 0.717) is 5.56 Å². The van der Waals surface area contributed by atoms with Crippen LogP contribution in [0.3, 0.4) is 0 Å². The molecule has 0 aliphatic carbocycles. The van der Waals surface area contributed by atoms with Crippen LogP contribution in [-0.4, -0.2) is 19.4 Å². The molecule has 9 heteroatoms. The van der Waals surface area contributed by atoms with Crippen molar-refractivity contribution in [2.75, 3.05) is 4.31 Å². The number of nitrogens with two attached hydrogens (primary N) is 1. The molecule has 0 aliphatic rings. The van der Waals surface area contributed by atoms with Crippen LogP contribution in [0, 0.1) is 0 Å².